The van der Waals surface area contributed by atoms with Crippen molar-refractivity contribution in [2.24, 2.45) is 0 Å². The molecule has 2 atom stereocenters. The molecular formula is C20H28F3N3O. The SMILES string of the molecule is CNC(=O)Cc1ccc(C(F)(F)F)c(C2CCCCC2N2CCCC2)c1N. The molecule has 1 aliphatic carbocycles. The molecule has 2 unspecified atom stereocenters. The van der Waals surface area contributed by atoms with Gasteiger partial charge in [0.15, 0.2) is 0 Å². The van der Waals surface area contributed by atoms with Gasteiger partial charge >= 0.3 is 6.18 Å². The molecule has 1 aromatic rings. The summed E-state index contributed by atoms with van der Waals surface area (Å²) in [5.41, 5.74) is 6.46. The second kappa shape index (κ2) is 8.09. The molecular weight excluding hydrogens is 355 g/mol. The zero-order chi connectivity index (χ0) is 19.6. The molecule has 0 bridgehead atoms. The Morgan fingerprint density at radius 1 is 1.19 bits per heavy atom. The Bertz CT molecular complexity index is 684. The number of nitrogens with two attached hydrogens (primary N) is 1. The van der Waals surface area contributed by atoms with E-state index in [4.69, 9.17) is 5.73 Å². The van der Waals surface area contributed by atoms with Crippen LogP contribution in [0.15, 0.2) is 12.1 Å². The summed E-state index contributed by atoms with van der Waals surface area (Å²) < 4.78 is 41.4. The van der Waals surface area contributed by atoms with E-state index in [1.54, 1.807) is 0 Å². The first-order valence-corrected chi connectivity index (χ1v) is 9.76. The monoisotopic (exact) mass is 383 g/mol. The molecule has 0 aromatic heterocycles. The Kier molecular flexibility index (Phi) is 5.99. The third-order valence-corrected chi connectivity index (χ3v) is 6.02. The number of halogens is 3. The van der Waals surface area contributed by atoms with Gasteiger partial charge in [-0.1, -0.05) is 18.9 Å². The Morgan fingerprint density at radius 3 is 2.48 bits per heavy atom. The van der Waals surface area contributed by atoms with Crippen molar-refractivity contribution in [2.45, 2.75) is 63.1 Å². The number of likely N-dealkylation sites (N-methyl/N-ethyl adjacent to an activating group) is 1. The van der Waals surface area contributed by atoms with Crippen molar-refractivity contribution >= 4 is 11.6 Å². The summed E-state index contributed by atoms with van der Waals surface area (Å²) in [6.45, 7) is 1.89. The molecule has 1 heterocycles. The van der Waals surface area contributed by atoms with Crippen molar-refractivity contribution in [3.8, 4) is 0 Å². The van der Waals surface area contributed by atoms with Crippen molar-refractivity contribution in [2.75, 3.05) is 25.9 Å². The van der Waals surface area contributed by atoms with Gasteiger partial charge < -0.3 is 11.1 Å². The van der Waals surface area contributed by atoms with Crippen LogP contribution in [0.2, 0.25) is 0 Å². The van der Waals surface area contributed by atoms with Crippen molar-refractivity contribution in [1.82, 2.24) is 10.2 Å². The van der Waals surface area contributed by atoms with Gasteiger partial charge in [0.1, 0.15) is 0 Å². The average Bonchev–Trinajstić information content (AvgIpc) is 3.16. The predicted octanol–water partition coefficient (Wildman–Crippen LogP) is 3.70. The highest BCUT2D eigenvalue weighted by Crippen LogP contribution is 2.46. The number of anilines is 1. The number of hydrogen-bond acceptors (Lipinski definition) is 3. The molecule has 1 amide bonds. The molecule has 27 heavy (non-hydrogen) atoms. The molecule has 1 saturated heterocycles. The standard InChI is InChI=1S/C20H28F3N3O/c1-25-17(27)12-13-8-9-15(20(21,22)23)18(19(13)24)14-6-2-3-7-16(14)26-10-4-5-11-26/h8-9,14,16H,2-7,10-12,24H2,1H3,(H,25,27). The van der Waals surface area contributed by atoms with E-state index in [1.165, 1.54) is 13.1 Å². The van der Waals surface area contributed by atoms with Crippen LogP contribution in [0.25, 0.3) is 0 Å². The largest absolute Gasteiger partial charge is 0.416 e. The van der Waals surface area contributed by atoms with Crippen molar-refractivity contribution in [3.05, 3.63) is 28.8 Å². The number of benzene rings is 1. The summed E-state index contributed by atoms with van der Waals surface area (Å²) in [5.74, 6) is -0.495. The first kappa shape index (κ1) is 20.0. The van der Waals surface area contributed by atoms with E-state index < -0.39 is 11.7 Å². The Balaban J connectivity index is 2.06. The number of rotatable bonds is 4. The smallest absolute Gasteiger partial charge is 0.398 e. The predicted molar refractivity (Wildman–Crippen MR) is 99.4 cm³/mol. The van der Waals surface area contributed by atoms with Gasteiger partial charge in [0.05, 0.1) is 12.0 Å². The number of nitrogens with one attached hydrogen (secondary N) is 1. The molecule has 1 aliphatic heterocycles. The fourth-order valence-electron chi connectivity index (χ4n) is 4.70. The van der Waals surface area contributed by atoms with Gasteiger partial charge in [-0.3, -0.25) is 9.69 Å². The van der Waals surface area contributed by atoms with Crippen LogP contribution in [0.3, 0.4) is 0 Å². The van der Waals surface area contributed by atoms with E-state index in [0.717, 1.165) is 51.3 Å². The van der Waals surface area contributed by atoms with E-state index in [1.807, 2.05) is 0 Å². The Hall–Kier alpha value is -1.76. The number of nitrogens with zero attached hydrogens (tertiary/aromatic N) is 1. The first-order valence-electron chi connectivity index (χ1n) is 9.76. The topological polar surface area (TPSA) is 58.4 Å². The molecule has 1 saturated carbocycles. The normalized spacial score (nSPS) is 24.1. The summed E-state index contributed by atoms with van der Waals surface area (Å²) >= 11 is 0. The first-order chi connectivity index (χ1) is 12.8. The summed E-state index contributed by atoms with van der Waals surface area (Å²) in [4.78, 5) is 14.1. The fraction of sp³-hybridized carbons (Fsp3) is 0.650. The zero-order valence-electron chi connectivity index (χ0n) is 15.7. The Morgan fingerprint density at radius 2 is 1.85 bits per heavy atom. The van der Waals surface area contributed by atoms with E-state index in [9.17, 15) is 18.0 Å². The number of nitrogen functional groups attached to an aromatic ring is 1. The van der Waals surface area contributed by atoms with Gasteiger partial charge in [-0.25, -0.2) is 0 Å². The average molecular weight is 383 g/mol. The summed E-state index contributed by atoms with van der Waals surface area (Å²) in [5, 5.41) is 2.51. The lowest BCUT2D eigenvalue weighted by molar-refractivity contribution is -0.138. The van der Waals surface area contributed by atoms with Crippen LogP contribution >= 0.6 is 0 Å². The van der Waals surface area contributed by atoms with Crippen LogP contribution in [0.1, 0.15) is 61.1 Å². The molecule has 3 rings (SSSR count). The lowest BCUT2D eigenvalue weighted by Crippen LogP contribution is -2.40. The van der Waals surface area contributed by atoms with Gasteiger partial charge in [-0.05, 0) is 56.0 Å². The van der Waals surface area contributed by atoms with Crippen LogP contribution in [0.5, 0.6) is 0 Å². The minimum atomic E-state index is -4.46. The second-order valence-corrected chi connectivity index (χ2v) is 7.65. The lowest BCUT2D eigenvalue weighted by Gasteiger charge is -2.40. The van der Waals surface area contributed by atoms with Crippen molar-refractivity contribution < 1.29 is 18.0 Å². The van der Waals surface area contributed by atoms with Crippen LogP contribution < -0.4 is 11.1 Å². The molecule has 3 N–H and O–H groups in total. The number of alkyl halides is 3. The minimum Gasteiger partial charge on any atom is -0.398 e. The summed E-state index contributed by atoms with van der Waals surface area (Å²) in [6, 6.07) is 2.56. The minimum absolute atomic E-state index is 0.00539. The van der Waals surface area contributed by atoms with Gasteiger partial charge in [0.2, 0.25) is 5.91 Å². The highest BCUT2D eigenvalue weighted by atomic mass is 19.4. The van der Waals surface area contributed by atoms with E-state index in [-0.39, 0.29) is 35.5 Å². The van der Waals surface area contributed by atoms with Crippen molar-refractivity contribution in [1.29, 1.82) is 0 Å². The molecule has 2 aliphatic rings. The molecule has 2 fully saturated rings. The van der Waals surface area contributed by atoms with Crippen LogP contribution in [0, 0.1) is 0 Å². The molecule has 150 valence electrons. The van der Waals surface area contributed by atoms with Crippen molar-refractivity contribution in [3.63, 3.8) is 0 Å². The molecule has 1 aromatic carbocycles. The quantitative estimate of drug-likeness (QED) is 0.780. The number of hydrogen-bond donors (Lipinski definition) is 2. The molecule has 4 nitrogen and oxygen atoms in total. The van der Waals surface area contributed by atoms with Crippen LogP contribution in [0.4, 0.5) is 18.9 Å². The van der Waals surface area contributed by atoms with E-state index >= 15 is 0 Å². The summed E-state index contributed by atoms with van der Waals surface area (Å²) in [6.07, 6.45) is 1.29. The molecule has 0 spiro atoms. The maximum absolute atomic E-state index is 13.8. The van der Waals surface area contributed by atoms with Gasteiger partial charge in [-0.15, -0.1) is 0 Å². The van der Waals surface area contributed by atoms with Gasteiger partial charge in [-0.2, -0.15) is 13.2 Å². The van der Waals surface area contributed by atoms with Gasteiger partial charge in [0.25, 0.3) is 0 Å². The Labute approximate surface area is 158 Å². The fourth-order valence-corrected chi connectivity index (χ4v) is 4.70. The van der Waals surface area contributed by atoms with E-state index in [0.29, 0.717) is 12.0 Å². The summed E-state index contributed by atoms with van der Waals surface area (Å²) in [7, 11) is 1.51. The second-order valence-electron chi connectivity index (χ2n) is 7.65. The molecule has 7 heteroatoms. The molecule has 0 radical (unpaired) electrons. The van der Waals surface area contributed by atoms with Crippen LogP contribution in [-0.2, 0) is 17.4 Å². The maximum Gasteiger partial charge on any atom is 0.416 e. The third-order valence-electron chi connectivity index (χ3n) is 6.02. The third kappa shape index (κ3) is 4.23. The highest BCUT2D eigenvalue weighted by Gasteiger charge is 2.41. The van der Waals surface area contributed by atoms with E-state index in [2.05, 4.69) is 10.2 Å². The zero-order valence-corrected chi connectivity index (χ0v) is 15.7. The highest BCUT2D eigenvalue weighted by molar-refractivity contribution is 5.80. The number of carbonyl (C=O) groups is 1. The van der Waals surface area contributed by atoms with Gasteiger partial charge in [0, 0.05) is 24.7 Å². The number of likely N-dealkylation sites (tertiary alicyclic amines) is 1. The number of amides is 1. The lowest BCUT2D eigenvalue weighted by atomic mass is 9.76. The maximum atomic E-state index is 13.8. The number of carbonyl (C=O) groups excluding carboxylic acids is 1. The van der Waals surface area contributed by atoms with Crippen LogP contribution in [-0.4, -0.2) is 37.0 Å².